The molecule has 0 atom stereocenters. The summed E-state index contributed by atoms with van der Waals surface area (Å²) in [5, 5.41) is 9.18. The van der Waals surface area contributed by atoms with Crippen molar-refractivity contribution < 1.29 is 4.79 Å². The molecule has 1 fully saturated rings. The summed E-state index contributed by atoms with van der Waals surface area (Å²) >= 11 is 1.63. The van der Waals surface area contributed by atoms with Crippen LogP contribution >= 0.6 is 11.3 Å². The Morgan fingerprint density at radius 2 is 1.82 bits per heavy atom. The second kappa shape index (κ2) is 5.64. The van der Waals surface area contributed by atoms with Crippen molar-refractivity contribution in [3.63, 3.8) is 0 Å². The molecule has 0 bridgehead atoms. The third kappa shape index (κ3) is 3.38. The van der Waals surface area contributed by atoms with E-state index in [0.717, 1.165) is 30.6 Å². The zero-order valence-corrected chi connectivity index (χ0v) is 15.0. The first-order valence-electron chi connectivity index (χ1n) is 8.45. The lowest BCUT2D eigenvalue weighted by molar-refractivity contribution is 0.0876. The van der Waals surface area contributed by atoms with E-state index in [2.05, 4.69) is 43.7 Å². The van der Waals surface area contributed by atoms with E-state index < -0.39 is 0 Å². The van der Waals surface area contributed by atoms with Crippen LogP contribution in [0.25, 0.3) is 0 Å². The standard InChI is InChI=1S/C18H28N2OS/c1-17(2)9-13(10-18(3,4)20-17)19-16(21)15-14-8-6-5-7-12(14)11-22-15/h11,13,20H,5-10H2,1-4H3,(H,19,21). The Morgan fingerprint density at radius 1 is 1.18 bits per heavy atom. The van der Waals surface area contributed by atoms with Crippen molar-refractivity contribution in [1.29, 1.82) is 0 Å². The molecule has 1 saturated heterocycles. The summed E-state index contributed by atoms with van der Waals surface area (Å²) in [4.78, 5) is 13.7. The molecule has 3 rings (SSSR count). The summed E-state index contributed by atoms with van der Waals surface area (Å²) < 4.78 is 0. The third-order valence-electron chi connectivity index (χ3n) is 4.84. The number of hydrogen-bond acceptors (Lipinski definition) is 3. The number of amides is 1. The molecule has 1 amide bonds. The molecule has 1 aliphatic carbocycles. The number of fused-ring (bicyclic) bond motifs is 1. The number of nitrogens with one attached hydrogen (secondary N) is 2. The van der Waals surface area contributed by atoms with Gasteiger partial charge in [0.2, 0.25) is 0 Å². The predicted molar refractivity (Wildman–Crippen MR) is 92.7 cm³/mol. The third-order valence-corrected chi connectivity index (χ3v) is 5.91. The van der Waals surface area contributed by atoms with Crippen LogP contribution in [0.5, 0.6) is 0 Å². The van der Waals surface area contributed by atoms with E-state index in [1.165, 1.54) is 24.0 Å². The molecule has 0 saturated carbocycles. The molecule has 0 unspecified atom stereocenters. The van der Waals surface area contributed by atoms with Gasteiger partial charge >= 0.3 is 0 Å². The van der Waals surface area contributed by atoms with Crippen LogP contribution in [-0.2, 0) is 12.8 Å². The van der Waals surface area contributed by atoms with Crippen molar-refractivity contribution in [2.75, 3.05) is 0 Å². The average molecular weight is 321 g/mol. The molecule has 2 N–H and O–H groups in total. The quantitative estimate of drug-likeness (QED) is 0.873. The zero-order valence-electron chi connectivity index (χ0n) is 14.2. The molecular formula is C18H28N2OS. The Bertz CT molecular complexity index is 558. The molecule has 2 heterocycles. The molecule has 0 spiro atoms. The van der Waals surface area contributed by atoms with Gasteiger partial charge in [0.25, 0.3) is 5.91 Å². The average Bonchev–Trinajstić information content (AvgIpc) is 2.78. The maximum absolute atomic E-state index is 12.7. The monoisotopic (exact) mass is 320 g/mol. The number of carbonyl (C=O) groups excluding carboxylic acids is 1. The fraction of sp³-hybridized carbons (Fsp3) is 0.722. The van der Waals surface area contributed by atoms with Gasteiger partial charge in [0, 0.05) is 17.1 Å². The smallest absolute Gasteiger partial charge is 0.261 e. The van der Waals surface area contributed by atoms with E-state index in [-0.39, 0.29) is 23.0 Å². The van der Waals surface area contributed by atoms with Crippen LogP contribution in [0.4, 0.5) is 0 Å². The molecule has 0 aromatic carbocycles. The molecule has 3 nitrogen and oxygen atoms in total. The summed E-state index contributed by atoms with van der Waals surface area (Å²) in [5.74, 6) is 0.145. The summed E-state index contributed by atoms with van der Waals surface area (Å²) in [6, 6.07) is 0.250. The van der Waals surface area contributed by atoms with Crippen LogP contribution in [-0.4, -0.2) is 23.0 Å². The van der Waals surface area contributed by atoms with Gasteiger partial charge in [0.05, 0.1) is 4.88 Å². The maximum atomic E-state index is 12.7. The van der Waals surface area contributed by atoms with E-state index in [4.69, 9.17) is 0 Å². The number of thiophene rings is 1. The summed E-state index contributed by atoms with van der Waals surface area (Å²) in [6.07, 6.45) is 6.67. The Labute approximate surface area is 137 Å². The van der Waals surface area contributed by atoms with Gasteiger partial charge in [-0.1, -0.05) is 0 Å². The Balaban J connectivity index is 1.73. The molecule has 1 aliphatic heterocycles. The van der Waals surface area contributed by atoms with Crippen LogP contribution < -0.4 is 10.6 Å². The zero-order chi connectivity index (χ0) is 16.0. The van der Waals surface area contributed by atoms with E-state index in [1.807, 2.05) is 0 Å². The van der Waals surface area contributed by atoms with Crippen molar-refractivity contribution in [1.82, 2.24) is 10.6 Å². The van der Waals surface area contributed by atoms with E-state index in [9.17, 15) is 4.79 Å². The lowest BCUT2D eigenvalue weighted by atomic mass is 9.79. The van der Waals surface area contributed by atoms with Gasteiger partial charge in [0.1, 0.15) is 0 Å². The van der Waals surface area contributed by atoms with Gasteiger partial charge in [-0.15, -0.1) is 11.3 Å². The SMILES string of the molecule is CC1(C)CC(NC(=O)c2scc3c2CCCC3)CC(C)(C)N1. The van der Waals surface area contributed by atoms with Crippen molar-refractivity contribution in [3.05, 3.63) is 21.4 Å². The van der Waals surface area contributed by atoms with Crippen LogP contribution in [0, 0.1) is 0 Å². The first-order valence-corrected chi connectivity index (χ1v) is 9.33. The molecule has 2 aliphatic rings. The minimum Gasteiger partial charge on any atom is -0.348 e. The fourth-order valence-electron chi connectivity index (χ4n) is 4.39. The van der Waals surface area contributed by atoms with Gasteiger partial charge in [0.15, 0.2) is 0 Å². The van der Waals surface area contributed by atoms with Gasteiger partial charge in [-0.25, -0.2) is 0 Å². The molecule has 1 aromatic heterocycles. The van der Waals surface area contributed by atoms with Gasteiger partial charge in [-0.3, -0.25) is 4.79 Å². The highest BCUT2D eigenvalue weighted by molar-refractivity contribution is 7.12. The Hall–Kier alpha value is -0.870. The Kier molecular flexibility index (Phi) is 4.11. The van der Waals surface area contributed by atoms with Gasteiger partial charge in [-0.05, 0) is 82.7 Å². The second-order valence-corrected chi connectivity index (χ2v) is 9.13. The van der Waals surface area contributed by atoms with Gasteiger partial charge in [-0.2, -0.15) is 0 Å². The van der Waals surface area contributed by atoms with Crippen molar-refractivity contribution in [2.45, 2.75) is 83.3 Å². The molecule has 1 aromatic rings. The van der Waals surface area contributed by atoms with Crippen molar-refractivity contribution in [3.8, 4) is 0 Å². The lowest BCUT2D eigenvalue weighted by Crippen LogP contribution is -2.62. The number of piperidine rings is 1. The molecule has 122 valence electrons. The number of aryl methyl sites for hydroxylation is 1. The molecule has 4 heteroatoms. The van der Waals surface area contributed by atoms with Crippen molar-refractivity contribution in [2.24, 2.45) is 0 Å². The lowest BCUT2D eigenvalue weighted by Gasteiger charge is -2.46. The van der Waals surface area contributed by atoms with Crippen LogP contribution in [0.15, 0.2) is 5.38 Å². The topological polar surface area (TPSA) is 41.1 Å². The van der Waals surface area contributed by atoms with E-state index >= 15 is 0 Å². The van der Waals surface area contributed by atoms with E-state index in [0.29, 0.717) is 0 Å². The fourth-order valence-corrected chi connectivity index (χ4v) is 5.45. The van der Waals surface area contributed by atoms with Crippen molar-refractivity contribution >= 4 is 17.2 Å². The normalized spacial score (nSPS) is 23.8. The summed E-state index contributed by atoms with van der Waals surface area (Å²) in [6.45, 7) is 8.89. The number of carbonyl (C=O) groups is 1. The number of hydrogen-bond donors (Lipinski definition) is 2. The first kappa shape index (κ1) is 16.0. The largest absolute Gasteiger partial charge is 0.348 e. The predicted octanol–water partition coefficient (Wildman–Crippen LogP) is 3.67. The van der Waals surface area contributed by atoms with Crippen LogP contribution in [0.1, 0.15) is 74.2 Å². The van der Waals surface area contributed by atoms with Gasteiger partial charge < -0.3 is 10.6 Å². The van der Waals surface area contributed by atoms with Crippen LogP contribution in [0.2, 0.25) is 0 Å². The van der Waals surface area contributed by atoms with Crippen LogP contribution in [0.3, 0.4) is 0 Å². The first-order chi connectivity index (χ1) is 10.3. The highest BCUT2D eigenvalue weighted by atomic mass is 32.1. The molecule has 0 radical (unpaired) electrons. The highest BCUT2D eigenvalue weighted by Crippen LogP contribution is 2.32. The Morgan fingerprint density at radius 3 is 2.50 bits per heavy atom. The maximum Gasteiger partial charge on any atom is 0.261 e. The number of rotatable bonds is 2. The molecule has 22 heavy (non-hydrogen) atoms. The second-order valence-electron chi connectivity index (χ2n) is 8.25. The minimum absolute atomic E-state index is 0.0641. The highest BCUT2D eigenvalue weighted by Gasteiger charge is 2.38. The summed E-state index contributed by atoms with van der Waals surface area (Å²) in [7, 11) is 0. The molecular weight excluding hydrogens is 292 g/mol. The van der Waals surface area contributed by atoms with E-state index in [1.54, 1.807) is 11.3 Å². The minimum atomic E-state index is 0.0641. The summed E-state index contributed by atoms with van der Waals surface area (Å²) in [5.41, 5.74) is 2.86.